The predicted octanol–water partition coefficient (Wildman–Crippen LogP) is 2.54. The standard InChI is InChI=1S/C17H23NO3/c1-11-3-5-13(6-4-11)9-12(2)16(19)18-15-8-7-14(10-15)17(20)21/h3-6,12,14-15H,7-10H2,1-2H3,(H,18,19)(H,20,21)/t12?,14-,15+/m1/s1. The Morgan fingerprint density at radius 2 is 1.95 bits per heavy atom. The molecule has 0 aliphatic heterocycles. The molecule has 1 aliphatic rings. The number of benzene rings is 1. The number of aliphatic carboxylic acids is 1. The van der Waals surface area contributed by atoms with Crippen molar-refractivity contribution in [2.75, 3.05) is 0 Å². The van der Waals surface area contributed by atoms with Gasteiger partial charge in [-0.3, -0.25) is 9.59 Å². The second-order valence-corrected chi connectivity index (χ2v) is 6.14. The molecule has 4 nitrogen and oxygen atoms in total. The molecule has 21 heavy (non-hydrogen) atoms. The molecule has 2 rings (SSSR count). The van der Waals surface area contributed by atoms with Gasteiger partial charge in [0.15, 0.2) is 0 Å². The minimum Gasteiger partial charge on any atom is -0.481 e. The topological polar surface area (TPSA) is 66.4 Å². The molecule has 1 unspecified atom stereocenters. The Balaban J connectivity index is 1.83. The molecule has 0 heterocycles. The van der Waals surface area contributed by atoms with Gasteiger partial charge >= 0.3 is 5.97 Å². The summed E-state index contributed by atoms with van der Waals surface area (Å²) in [6.45, 7) is 3.96. The van der Waals surface area contributed by atoms with E-state index in [1.165, 1.54) is 5.56 Å². The van der Waals surface area contributed by atoms with Crippen LogP contribution >= 0.6 is 0 Å². The average Bonchev–Trinajstić information content (AvgIpc) is 2.90. The zero-order valence-electron chi connectivity index (χ0n) is 12.6. The zero-order chi connectivity index (χ0) is 15.4. The molecular weight excluding hydrogens is 266 g/mol. The number of hydrogen-bond acceptors (Lipinski definition) is 2. The fraction of sp³-hybridized carbons (Fsp3) is 0.529. The second kappa shape index (κ2) is 6.74. The van der Waals surface area contributed by atoms with Crippen molar-refractivity contribution in [3.8, 4) is 0 Å². The highest BCUT2D eigenvalue weighted by Crippen LogP contribution is 2.26. The molecule has 1 saturated carbocycles. The third kappa shape index (κ3) is 4.31. The average molecular weight is 289 g/mol. The van der Waals surface area contributed by atoms with Crippen molar-refractivity contribution in [2.45, 2.75) is 45.6 Å². The van der Waals surface area contributed by atoms with Gasteiger partial charge in [-0.2, -0.15) is 0 Å². The van der Waals surface area contributed by atoms with Crippen LogP contribution in [-0.4, -0.2) is 23.0 Å². The van der Waals surface area contributed by atoms with E-state index in [2.05, 4.69) is 17.4 Å². The molecule has 1 aromatic rings. The van der Waals surface area contributed by atoms with Gasteiger partial charge in [0.25, 0.3) is 0 Å². The molecule has 1 aromatic carbocycles. The maximum atomic E-state index is 12.2. The van der Waals surface area contributed by atoms with E-state index in [1.807, 2.05) is 26.0 Å². The first-order valence-electron chi connectivity index (χ1n) is 7.54. The van der Waals surface area contributed by atoms with E-state index in [1.54, 1.807) is 0 Å². The lowest BCUT2D eigenvalue weighted by Gasteiger charge is -2.17. The molecule has 0 saturated heterocycles. The quantitative estimate of drug-likeness (QED) is 0.875. The summed E-state index contributed by atoms with van der Waals surface area (Å²) in [5.74, 6) is -1.13. The summed E-state index contributed by atoms with van der Waals surface area (Å²) in [6.07, 6.45) is 2.69. The largest absolute Gasteiger partial charge is 0.481 e. The monoisotopic (exact) mass is 289 g/mol. The van der Waals surface area contributed by atoms with E-state index < -0.39 is 5.97 Å². The van der Waals surface area contributed by atoms with Gasteiger partial charge in [-0.05, 0) is 38.2 Å². The molecular formula is C17H23NO3. The summed E-state index contributed by atoms with van der Waals surface area (Å²) in [5, 5.41) is 12.0. The molecule has 0 spiro atoms. The van der Waals surface area contributed by atoms with Gasteiger partial charge in [0.2, 0.25) is 5.91 Å². The predicted molar refractivity (Wildman–Crippen MR) is 81.0 cm³/mol. The maximum absolute atomic E-state index is 12.2. The van der Waals surface area contributed by atoms with Gasteiger partial charge in [-0.1, -0.05) is 36.8 Å². The Morgan fingerprint density at radius 1 is 1.29 bits per heavy atom. The lowest BCUT2D eigenvalue weighted by Crippen LogP contribution is -2.37. The smallest absolute Gasteiger partial charge is 0.306 e. The Kier molecular flexibility index (Phi) is 4.99. The number of hydrogen-bond donors (Lipinski definition) is 2. The van der Waals surface area contributed by atoms with E-state index in [4.69, 9.17) is 5.11 Å². The van der Waals surface area contributed by atoms with Crippen molar-refractivity contribution in [1.82, 2.24) is 5.32 Å². The molecule has 1 amide bonds. The van der Waals surface area contributed by atoms with E-state index in [-0.39, 0.29) is 23.8 Å². The van der Waals surface area contributed by atoms with Crippen LogP contribution in [0.5, 0.6) is 0 Å². The summed E-state index contributed by atoms with van der Waals surface area (Å²) >= 11 is 0. The molecule has 4 heteroatoms. The van der Waals surface area contributed by atoms with Crippen LogP contribution in [0, 0.1) is 18.8 Å². The number of carbonyl (C=O) groups excluding carboxylic acids is 1. The van der Waals surface area contributed by atoms with Gasteiger partial charge < -0.3 is 10.4 Å². The first-order chi connectivity index (χ1) is 9.95. The van der Waals surface area contributed by atoms with Crippen molar-refractivity contribution >= 4 is 11.9 Å². The highest BCUT2D eigenvalue weighted by molar-refractivity contribution is 5.79. The van der Waals surface area contributed by atoms with Crippen molar-refractivity contribution in [1.29, 1.82) is 0 Å². The first-order valence-corrected chi connectivity index (χ1v) is 7.54. The summed E-state index contributed by atoms with van der Waals surface area (Å²) in [4.78, 5) is 23.1. The van der Waals surface area contributed by atoms with Crippen LogP contribution in [0.2, 0.25) is 0 Å². The van der Waals surface area contributed by atoms with Crippen molar-refractivity contribution < 1.29 is 14.7 Å². The van der Waals surface area contributed by atoms with Crippen LogP contribution in [0.4, 0.5) is 0 Å². The van der Waals surface area contributed by atoms with Crippen LogP contribution in [0.3, 0.4) is 0 Å². The van der Waals surface area contributed by atoms with Crippen LogP contribution in [0.25, 0.3) is 0 Å². The minimum atomic E-state index is -0.751. The van der Waals surface area contributed by atoms with Crippen molar-refractivity contribution in [3.05, 3.63) is 35.4 Å². The lowest BCUT2D eigenvalue weighted by molar-refractivity contribution is -0.141. The van der Waals surface area contributed by atoms with Gasteiger partial charge in [-0.15, -0.1) is 0 Å². The summed E-state index contributed by atoms with van der Waals surface area (Å²) in [5.41, 5.74) is 2.36. The number of carboxylic acids is 1. The van der Waals surface area contributed by atoms with Crippen LogP contribution in [0.1, 0.15) is 37.3 Å². The van der Waals surface area contributed by atoms with Gasteiger partial charge in [0, 0.05) is 12.0 Å². The Morgan fingerprint density at radius 3 is 2.52 bits per heavy atom. The molecule has 3 atom stereocenters. The van der Waals surface area contributed by atoms with Crippen LogP contribution < -0.4 is 5.32 Å². The van der Waals surface area contributed by atoms with E-state index in [0.717, 1.165) is 12.0 Å². The minimum absolute atomic E-state index is 0.0130. The van der Waals surface area contributed by atoms with Gasteiger partial charge in [0.1, 0.15) is 0 Å². The maximum Gasteiger partial charge on any atom is 0.306 e. The normalized spacial score (nSPS) is 22.8. The Hall–Kier alpha value is -1.84. The molecule has 2 N–H and O–H groups in total. The number of carbonyl (C=O) groups is 2. The molecule has 1 aliphatic carbocycles. The van der Waals surface area contributed by atoms with E-state index >= 15 is 0 Å². The number of aryl methyl sites for hydroxylation is 1. The molecule has 1 fully saturated rings. The highest BCUT2D eigenvalue weighted by Gasteiger charge is 2.31. The number of rotatable bonds is 5. The van der Waals surface area contributed by atoms with Gasteiger partial charge in [-0.25, -0.2) is 0 Å². The highest BCUT2D eigenvalue weighted by atomic mass is 16.4. The van der Waals surface area contributed by atoms with Crippen molar-refractivity contribution in [2.24, 2.45) is 11.8 Å². The summed E-state index contributed by atoms with van der Waals surface area (Å²) in [6, 6.07) is 8.21. The van der Waals surface area contributed by atoms with E-state index in [9.17, 15) is 9.59 Å². The van der Waals surface area contributed by atoms with Crippen molar-refractivity contribution in [3.63, 3.8) is 0 Å². The van der Waals surface area contributed by atoms with E-state index in [0.29, 0.717) is 19.3 Å². The van der Waals surface area contributed by atoms with Crippen LogP contribution in [-0.2, 0) is 16.0 Å². The molecule has 0 radical (unpaired) electrons. The lowest BCUT2D eigenvalue weighted by atomic mass is 9.99. The first kappa shape index (κ1) is 15.5. The molecule has 114 valence electrons. The summed E-state index contributed by atoms with van der Waals surface area (Å²) in [7, 11) is 0. The summed E-state index contributed by atoms with van der Waals surface area (Å²) < 4.78 is 0. The fourth-order valence-electron chi connectivity index (χ4n) is 2.85. The third-order valence-electron chi connectivity index (χ3n) is 4.24. The Labute approximate surface area is 125 Å². The number of amides is 1. The zero-order valence-corrected chi connectivity index (χ0v) is 12.6. The third-order valence-corrected chi connectivity index (χ3v) is 4.24. The Bertz CT molecular complexity index is 509. The van der Waals surface area contributed by atoms with Gasteiger partial charge in [0.05, 0.1) is 5.92 Å². The fourth-order valence-corrected chi connectivity index (χ4v) is 2.85. The molecule has 0 aromatic heterocycles. The molecule has 0 bridgehead atoms. The SMILES string of the molecule is Cc1ccc(CC(C)C(=O)N[C@H]2CC[C@@H](C(=O)O)C2)cc1. The van der Waals surface area contributed by atoms with Crippen LogP contribution in [0.15, 0.2) is 24.3 Å². The number of carboxylic acid groups (broad SMARTS) is 1. The number of nitrogens with one attached hydrogen (secondary N) is 1. The second-order valence-electron chi connectivity index (χ2n) is 6.14.